The van der Waals surface area contributed by atoms with Crippen molar-refractivity contribution >= 4 is 23.4 Å². The zero-order valence-electron chi connectivity index (χ0n) is 12.7. The van der Waals surface area contributed by atoms with Crippen LogP contribution in [0.5, 0.6) is 0 Å². The first-order valence-corrected chi connectivity index (χ1v) is 7.72. The normalized spacial score (nSPS) is 11.4. The maximum atomic E-state index is 5.48. The number of hydrogen-bond acceptors (Lipinski definition) is 2. The molecule has 0 saturated heterocycles. The Labute approximate surface area is 129 Å². The number of nitrogens with zero attached hydrogens (tertiary/aromatic N) is 3. The zero-order valence-corrected chi connectivity index (χ0v) is 13.5. The van der Waals surface area contributed by atoms with Gasteiger partial charge in [-0.2, -0.15) is 5.10 Å². The lowest BCUT2D eigenvalue weighted by atomic mass is 10.1. The Morgan fingerprint density at radius 1 is 1.29 bits per heavy atom. The zero-order chi connectivity index (χ0) is 15.0. The molecule has 21 heavy (non-hydrogen) atoms. The first kappa shape index (κ1) is 14.1. The molecule has 110 valence electrons. The molecule has 0 spiro atoms. The molecule has 1 N–H and O–H groups in total. The number of nitrogens with one attached hydrogen (secondary N) is 1. The van der Waals surface area contributed by atoms with Crippen LogP contribution in [0.3, 0.4) is 0 Å². The second-order valence-corrected chi connectivity index (χ2v) is 5.81. The molecule has 0 atom stereocenters. The van der Waals surface area contributed by atoms with E-state index in [1.54, 1.807) is 0 Å². The van der Waals surface area contributed by atoms with Crippen molar-refractivity contribution < 1.29 is 0 Å². The maximum Gasteiger partial charge on any atom is 0.179 e. The van der Waals surface area contributed by atoms with Gasteiger partial charge in [0.15, 0.2) is 10.4 Å². The number of fused-ring (bicyclic) bond motifs is 1. The number of aryl methyl sites for hydroxylation is 5. The Balaban J connectivity index is 1.97. The fraction of sp³-hybridized carbons (Fsp3) is 0.375. The van der Waals surface area contributed by atoms with Gasteiger partial charge in [-0.05, 0) is 45.0 Å². The van der Waals surface area contributed by atoms with Crippen molar-refractivity contribution in [2.24, 2.45) is 0 Å². The van der Waals surface area contributed by atoms with Gasteiger partial charge in [-0.25, -0.2) is 4.68 Å². The van der Waals surface area contributed by atoms with Gasteiger partial charge in [-0.15, -0.1) is 0 Å². The summed E-state index contributed by atoms with van der Waals surface area (Å²) in [5.74, 6) is 0. The molecule has 0 bridgehead atoms. The molecule has 4 nitrogen and oxygen atoms in total. The van der Waals surface area contributed by atoms with Gasteiger partial charge in [0, 0.05) is 13.1 Å². The first-order valence-electron chi connectivity index (χ1n) is 7.31. The lowest BCUT2D eigenvalue weighted by molar-refractivity contribution is 0.623. The van der Waals surface area contributed by atoms with Crippen LogP contribution >= 0.6 is 12.2 Å². The number of H-pyrrole nitrogens is 1. The van der Waals surface area contributed by atoms with Gasteiger partial charge in [-0.3, -0.25) is 0 Å². The minimum atomic E-state index is 0.778. The van der Waals surface area contributed by atoms with E-state index in [0.717, 1.165) is 41.1 Å². The number of aromatic nitrogens is 4. The summed E-state index contributed by atoms with van der Waals surface area (Å²) >= 11 is 5.48. The van der Waals surface area contributed by atoms with E-state index in [9.17, 15) is 0 Å². The van der Waals surface area contributed by atoms with E-state index in [0.29, 0.717) is 0 Å². The molecule has 3 rings (SSSR count). The largest absolute Gasteiger partial charge is 0.328 e. The molecular weight excluding hydrogens is 280 g/mol. The molecule has 0 aliphatic carbocycles. The van der Waals surface area contributed by atoms with Crippen molar-refractivity contribution in [2.75, 3.05) is 0 Å². The number of aromatic amines is 1. The highest BCUT2D eigenvalue weighted by atomic mass is 32.1. The Kier molecular flexibility index (Phi) is 3.68. The van der Waals surface area contributed by atoms with Crippen LogP contribution in [0.25, 0.3) is 11.2 Å². The van der Waals surface area contributed by atoms with E-state index in [2.05, 4.69) is 52.8 Å². The predicted molar refractivity (Wildman–Crippen MR) is 88.2 cm³/mol. The molecule has 0 unspecified atom stereocenters. The summed E-state index contributed by atoms with van der Waals surface area (Å²) in [5, 5.41) is 4.56. The Morgan fingerprint density at radius 2 is 2.10 bits per heavy atom. The number of rotatable bonds is 4. The smallest absolute Gasteiger partial charge is 0.179 e. The molecule has 0 aliphatic heterocycles. The minimum absolute atomic E-state index is 0.778. The van der Waals surface area contributed by atoms with Gasteiger partial charge in [-0.1, -0.05) is 29.8 Å². The van der Waals surface area contributed by atoms with Crippen molar-refractivity contribution in [3.05, 3.63) is 45.9 Å². The van der Waals surface area contributed by atoms with Crippen molar-refractivity contribution in [1.82, 2.24) is 19.3 Å². The molecular formula is C16H20N4S. The Morgan fingerprint density at radius 3 is 2.81 bits per heavy atom. The summed E-state index contributed by atoms with van der Waals surface area (Å²) < 4.78 is 4.96. The molecule has 0 saturated carbocycles. The van der Waals surface area contributed by atoms with Crippen LogP contribution in [0, 0.1) is 18.6 Å². The summed E-state index contributed by atoms with van der Waals surface area (Å²) in [7, 11) is 0. The quantitative estimate of drug-likeness (QED) is 0.745. The van der Waals surface area contributed by atoms with Crippen molar-refractivity contribution in [1.29, 1.82) is 0 Å². The highest BCUT2D eigenvalue weighted by molar-refractivity contribution is 7.71. The number of hydrogen-bond donors (Lipinski definition) is 1. The van der Waals surface area contributed by atoms with E-state index in [1.165, 1.54) is 11.1 Å². The van der Waals surface area contributed by atoms with Crippen molar-refractivity contribution in [3.8, 4) is 0 Å². The summed E-state index contributed by atoms with van der Waals surface area (Å²) in [6, 6.07) is 8.63. The standard InChI is InChI=1S/C16H20N4S/c1-4-20-15-14(12(3)18-20)17-16(21)19(15)9-8-13-7-5-6-11(2)10-13/h5-7,10H,4,8-9H2,1-3H3,(H,17,21). The molecule has 3 aromatic rings. The van der Waals surface area contributed by atoms with Crippen LogP contribution in [0.15, 0.2) is 24.3 Å². The highest BCUT2D eigenvalue weighted by Crippen LogP contribution is 2.18. The van der Waals surface area contributed by atoms with Gasteiger partial charge in [0.25, 0.3) is 0 Å². The molecule has 0 radical (unpaired) electrons. The molecule has 0 aliphatic rings. The van der Waals surface area contributed by atoms with Gasteiger partial charge in [0.05, 0.1) is 5.69 Å². The third-order valence-electron chi connectivity index (χ3n) is 3.84. The van der Waals surface area contributed by atoms with Crippen LogP contribution in [0.4, 0.5) is 0 Å². The van der Waals surface area contributed by atoms with E-state index in [-0.39, 0.29) is 0 Å². The minimum Gasteiger partial charge on any atom is -0.328 e. The van der Waals surface area contributed by atoms with Gasteiger partial charge >= 0.3 is 0 Å². The summed E-state index contributed by atoms with van der Waals surface area (Å²) in [6.45, 7) is 7.96. The number of imidazole rings is 1. The predicted octanol–water partition coefficient (Wildman–Crippen LogP) is 3.77. The van der Waals surface area contributed by atoms with Crippen LogP contribution < -0.4 is 0 Å². The first-order chi connectivity index (χ1) is 10.1. The topological polar surface area (TPSA) is 38.5 Å². The van der Waals surface area contributed by atoms with Crippen LogP contribution in [-0.4, -0.2) is 19.3 Å². The number of benzene rings is 1. The monoisotopic (exact) mass is 300 g/mol. The Bertz CT molecular complexity index is 838. The average molecular weight is 300 g/mol. The summed E-state index contributed by atoms with van der Waals surface area (Å²) in [6.07, 6.45) is 0.969. The average Bonchev–Trinajstić information content (AvgIpc) is 2.94. The van der Waals surface area contributed by atoms with Gasteiger partial charge < -0.3 is 9.55 Å². The van der Waals surface area contributed by atoms with E-state index in [4.69, 9.17) is 12.2 Å². The van der Waals surface area contributed by atoms with Crippen LogP contribution in [-0.2, 0) is 19.5 Å². The third kappa shape index (κ3) is 2.53. The molecule has 1 aromatic carbocycles. The molecule has 2 aromatic heterocycles. The van der Waals surface area contributed by atoms with Crippen LogP contribution in [0.2, 0.25) is 0 Å². The van der Waals surface area contributed by atoms with E-state index >= 15 is 0 Å². The lowest BCUT2D eigenvalue weighted by Crippen LogP contribution is -2.07. The SMILES string of the molecule is CCn1nc(C)c2[nH]c(=S)n(CCc3cccc(C)c3)c21. The maximum absolute atomic E-state index is 5.48. The molecule has 0 fully saturated rings. The second kappa shape index (κ2) is 5.48. The Hall–Kier alpha value is -1.88. The third-order valence-corrected chi connectivity index (χ3v) is 4.16. The fourth-order valence-electron chi connectivity index (χ4n) is 2.80. The van der Waals surface area contributed by atoms with Gasteiger partial charge in [0.2, 0.25) is 0 Å². The molecule has 0 amide bonds. The van der Waals surface area contributed by atoms with Crippen LogP contribution in [0.1, 0.15) is 23.7 Å². The fourth-order valence-corrected chi connectivity index (χ4v) is 3.08. The molecule has 2 heterocycles. The van der Waals surface area contributed by atoms with Crippen molar-refractivity contribution in [3.63, 3.8) is 0 Å². The molecule has 5 heteroatoms. The van der Waals surface area contributed by atoms with E-state index < -0.39 is 0 Å². The highest BCUT2D eigenvalue weighted by Gasteiger charge is 2.13. The van der Waals surface area contributed by atoms with E-state index in [1.807, 2.05) is 11.6 Å². The summed E-state index contributed by atoms with van der Waals surface area (Å²) in [4.78, 5) is 3.29. The van der Waals surface area contributed by atoms with Crippen molar-refractivity contribution in [2.45, 2.75) is 40.3 Å². The van der Waals surface area contributed by atoms with Gasteiger partial charge in [0.1, 0.15) is 5.52 Å². The second-order valence-electron chi connectivity index (χ2n) is 5.42. The summed E-state index contributed by atoms with van der Waals surface area (Å²) in [5.41, 5.74) is 5.81. The lowest BCUT2D eigenvalue weighted by Gasteiger charge is -2.07.